The molecule has 1 amide bonds. The number of nitrogens with one attached hydrogen (secondary N) is 1. The molecule has 7 nitrogen and oxygen atoms in total. The van der Waals surface area contributed by atoms with Crippen molar-refractivity contribution < 1.29 is 17.9 Å². The number of amides is 1. The van der Waals surface area contributed by atoms with Crippen LogP contribution in [0.1, 0.15) is 28.8 Å². The molecule has 1 aromatic carbocycles. The van der Waals surface area contributed by atoms with E-state index in [0.29, 0.717) is 17.9 Å². The molecule has 0 aliphatic heterocycles. The van der Waals surface area contributed by atoms with E-state index >= 15 is 0 Å². The van der Waals surface area contributed by atoms with Crippen LogP contribution in [-0.2, 0) is 21.4 Å². The molecular formula is C22H31N3O4S2. The highest BCUT2D eigenvalue weighted by Crippen LogP contribution is 2.25. The van der Waals surface area contributed by atoms with Gasteiger partial charge in [0.25, 0.3) is 0 Å². The molecule has 1 heterocycles. The molecule has 1 unspecified atom stereocenters. The first kappa shape index (κ1) is 25.2. The lowest BCUT2D eigenvalue weighted by molar-refractivity contribution is -0.132. The third kappa shape index (κ3) is 6.44. The van der Waals surface area contributed by atoms with Crippen molar-refractivity contribution in [2.24, 2.45) is 0 Å². The van der Waals surface area contributed by atoms with E-state index in [1.54, 1.807) is 56.4 Å². The number of hydrogen-bond acceptors (Lipinski definition) is 6. The van der Waals surface area contributed by atoms with Gasteiger partial charge < -0.3 is 9.64 Å². The number of aryl methyl sites for hydroxylation is 2. The average molecular weight is 466 g/mol. The lowest BCUT2D eigenvalue weighted by Crippen LogP contribution is -2.47. The fraction of sp³-hybridized carbons (Fsp3) is 0.455. The van der Waals surface area contributed by atoms with Crippen molar-refractivity contribution in [1.29, 1.82) is 0 Å². The summed E-state index contributed by atoms with van der Waals surface area (Å²) >= 11 is 1.56. The monoisotopic (exact) mass is 465 g/mol. The number of methoxy groups -OCH3 is 1. The Bertz CT molecular complexity index is 1010. The van der Waals surface area contributed by atoms with Crippen LogP contribution in [0.2, 0.25) is 0 Å². The zero-order valence-electron chi connectivity index (χ0n) is 18.9. The Labute approximate surface area is 189 Å². The molecule has 2 rings (SSSR count). The minimum Gasteiger partial charge on any atom is -0.496 e. The lowest BCUT2D eigenvalue weighted by Gasteiger charge is -2.25. The van der Waals surface area contributed by atoms with Crippen molar-refractivity contribution in [2.45, 2.75) is 44.7 Å². The van der Waals surface area contributed by atoms with Crippen LogP contribution in [-0.4, -0.2) is 56.4 Å². The second-order valence-electron chi connectivity index (χ2n) is 7.51. The van der Waals surface area contributed by atoms with Gasteiger partial charge in [0, 0.05) is 24.4 Å². The summed E-state index contributed by atoms with van der Waals surface area (Å²) in [6.07, 6.45) is 4.02. The molecule has 1 atom stereocenters. The van der Waals surface area contributed by atoms with Gasteiger partial charge in [-0.3, -0.25) is 9.78 Å². The Kier molecular flexibility index (Phi) is 8.90. The number of carbonyl (C=O) groups excluding carboxylic acids is 1. The smallest absolute Gasteiger partial charge is 0.241 e. The van der Waals surface area contributed by atoms with Crippen LogP contribution in [0.15, 0.2) is 35.4 Å². The van der Waals surface area contributed by atoms with Gasteiger partial charge >= 0.3 is 0 Å². The Morgan fingerprint density at radius 1 is 1.23 bits per heavy atom. The maximum atomic E-state index is 13.2. The molecule has 1 N–H and O–H groups in total. The standard InChI is InChI=1S/C22H31N3O4S2/c1-15-7-9-18(10-8-15)31(27,28)24-19(11-12-30-6)22(26)25(4)14-20-17(3)21(29-5)16(2)13-23-20/h7-10,13,19,24H,11-12,14H2,1-6H3. The molecule has 0 spiro atoms. The molecule has 31 heavy (non-hydrogen) atoms. The van der Waals surface area contributed by atoms with Gasteiger partial charge in [0.05, 0.1) is 24.2 Å². The number of likely N-dealkylation sites (N-methyl/N-ethyl adjacent to an activating group) is 1. The third-order valence-electron chi connectivity index (χ3n) is 5.05. The minimum absolute atomic E-state index is 0.142. The largest absolute Gasteiger partial charge is 0.496 e. The molecule has 0 aliphatic carbocycles. The van der Waals surface area contributed by atoms with Gasteiger partial charge in [0.2, 0.25) is 15.9 Å². The maximum Gasteiger partial charge on any atom is 0.241 e. The van der Waals surface area contributed by atoms with Crippen LogP contribution in [0, 0.1) is 20.8 Å². The molecule has 0 bridgehead atoms. The Balaban J connectivity index is 2.23. The number of rotatable bonds is 10. The van der Waals surface area contributed by atoms with E-state index in [-0.39, 0.29) is 17.3 Å². The van der Waals surface area contributed by atoms with E-state index in [0.717, 1.165) is 22.4 Å². The Morgan fingerprint density at radius 2 is 1.87 bits per heavy atom. The van der Waals surface area contributed by atoms with Crippen molar-refractivity contribution in [1.82, 2.24) is 14.6 Å². The van der Waals surface area contributed by atoms with Crippen LogP contribution in [0.5, 0.6) is 5.75 Å². The minimum atomic E-state index is -3.82. The molecular weight excluding hydrogens is 434 g/mol. The van der Waals surface area contributed by atoms with Gasteiger partial charge in [0.15, 0.2) is 0 Å². The van der Waals surface area contributed by atoms with Crippen LogP contribution >= 0.6 is 11.8 Å². The normalized spacial score (nSPS) is 12.5. The molecule has 0 aliphatic rings. The molecule has 0 fully saturated rings. The predicted octanol–water partition coefficient (Wildman–Crippen LogP) is 3.07. The maximum absolute atomic E-state index is 13.2. The summed E-state index contributed by atoms with van der Waals surface area (Å²) in [5.41, 5.74) is 3.46. The van der Waals surface area contributed by atoms with E-state index < -0.39 is 16.1 Å². The van der Waals surface area contributed by atoms with Gasteiger partial charge in [0.1, 0.15) is 11.8 Å². The quantitative estimate of drug-likeness (QED) is 0.580. The van der Waals surface area contributed by atoms with Crippen LogP contribution in [0.4, 0.5) is 0 Å². The van der Waals surface area contributed by atoms with E-state index in [9.17, 15) is 13.2 Å². The van der Waals surface area contributed by atoms with Gasteiger partial charge in [-0.1, -0.05) is 17.7 Å². The summed E-state index contributed by atoms with van der Waals surface area (Å²) < 4.78 is 33.8. The zero-order chi connectivity index (χ0) is 23.2. The van der Waals surface area contributed by atoms with Crippen LogP contribution in [0.3, 0.4) is 0 Å². The first-order chi connectivity index (χ1) is 14.6. The molecule has 1 aromatic heterocycles. The lowest BCUT2D eigenvalue weighted by atomic mass is 10.1. The van der Waals surface area contributed by atoms with Crippen molar-refractivity contribution in [3.8, 4) is 5.75 Å². The molecule has 0 radical (unpaired) electrons. The summed E-state index contributed by atoms with van der Waals surface area (Å²) in [4.78, 5) is 19.3. The van der Waals surface area contributed by atoms with Gasteiger partial charge in [-0.2, -0.15) is 16.5 Å². The Morgan fingerprint density at radius 3 is 2.45 bits per heavy atom. The summed E-state index contributed by atoms with van der Waals surface area (Å²) in [5.74, 6) is 1.09. The predicted molar refractivity (Wildman–Crippen MR) is 125 cm³/mol. The third-order valence-corrected chi connectivity index (χ3v) is 7.18. The highest BCUT2D eigenvalue weighted by molar-refractivity contribution is 7.98. The van der Waals surface area contributed by atoms with Crippen LogP contribution in [0.25, 0.3) is 0 Å². The fourth-order valence-electron chi connectivity index (χ4n) is 3.24. The topological polar surface area (TPSA) is 88.6 Å². The number of benzene rings is 1. The summed E-state index contributed by atoms with van der Waals surface area (Å²) in [7, 11) is -0.567. The molecule has 170 valence electrons. The molecule has 9 heteroatoms. The summed E-state index contributed by atoms with van der Waals surface area (Å²) in [5, 5.41) is 0. The number of sulfonamides is 1. The average Bonchev–Trinajstić information content (AvgIpc) is 2.73. The van der Waals surface area contributed by atoms with Crippen LogP contribution < -0.4 is 9.46 Å². The van der Waals surface area contributed by atoms with Gasteiger partial charge in [-0.25, -0.2) is 8.42 Å². The van der Waals surface area contributed by atoms with E-state index in [1.807, 2.05) is 27.0 Å². The zero-order valence-corrected chi connectivity index (χ0v) is 20.6. The van der Waals surface area contributed by atoms with Crippen molar-refractivity contribution >= 4 is 27.7 Å². The second kappa shape index (κ2) is 11.0. The number of thioether (sulfide) groups is 1. The first-order valence-corrected chi connectivity index (χ1v) is 12.8. The Hall–Kier alpha value is -2.10. The van der Waals surface area contributed by atoms with E-state index in [4.69, 9.17) is 4.74 Å². The fourth-order valence-corrected chi connectivity index (χ4v) is 4.94. The van der Waals surface area contributed by atoms with Crippen molar-refractivity contribution in [3.63, 3.8) is 0 Å². The first-order valence-electron chi connectivity index (χ1n) is 9.92. The number of carbonyl (C=O) groups is 1. The molecule has 0 saturated heterocycles. The number of aromatic nitrogens is 1. The molecule has 0 saturated carbocycles. The summed E-state index contributed by atoms with van der Waals surface area (Å²) in [6.45, 7) is 5.95. The number of hydrogen-bond donors (Lipinski definition) is 1. The summed E-state index contributed by atoms with van der Waals surface area (Å²) in [6, 6.07) is 5.70. The SMILES string of the molecule is COc1c(C)cnc(CN(C)C(=O)C(CCSC)NS(=O)(=O)c2ccc(C)cc2)c1C. The van der Waals surface area contributed by atoms with Crippen molar-refractivity contribution in [3.05, 3.63) is 52.8 Å². The highest BCUT2D eigenvalue weighted by Gasteiger charge is 2.28. The second-order valence-corrected chi connectivity index (χ2v) is 10.2. The highest BCUT2D eigenvalue weighted by atomic mass is 32.2. The van der Waals surface area contributed by atoms with Gasteiger partial charge in [-0.15, -0.1) is 0 Å². The number of pyridine rings is 1. The number of nitrogens with zero attached hydrogens (tertiary/aromatic N) is 2. The van der Waals surface area contributed by atoms with E-state index in [1.165, 1.54) is 4.90 Å². The van der Waals surface area contributed by atoms with Gasteiger partial charge in [-0.05, 0) is 51.3 Å². The van der Waals surface area contributed by atoms with Crippen molar-refractivity contribution in [2.75, 3.05) is 26.2 Å². The number of ether oxygens (including phenoxy) is 1. The molecule has 2 aromatic rings. The van der Waals surface area contributed by atoms with E-state index in [2.05, 4.69) is 9.71 Å².